The van der Waals surface area contributed by atoms with Crippen LogP contribution in [-0.2, 0) is 52.1 Å². The Hall–Kier alpha value is -1.08. The van der Waals surface area contributed by atoms with Crippen LogP contribution < -0.4 is 0 Å². The summed E-state index contributed by atoms with van der Waals surface area (Å²) >= 11 is 0. The molecule has 36 atom stereocenters. The van der Waals surface area contributed by atoms with Gasteiger partial charge in [-0.1, -0.05) is 20.8 Å². The number of fused-ring (bicyclic) bond motifs is 7. The number of aliphatic hydroxyl groups excluding tert-OH is 15. The molecule has 474 valence electrons. The van der Waals surface area contributed by atoms with E-state index < -0.39 is 186 Å². The van der Waals surface area contributed by atoms with Crippen LogP contribution >= 0.6 is 0 Å². The van der Waals surface area contributed by atoms with Crippen LogP contribution in [0.5, 0.6) is 0 Å². The van der Waals surface area contributed by atoms with Crippen molar-refractivity contribution in [2.45, 2.75) is 270 Å². The molecule has 82 heavy (non-hydrogen) atoms. The largest absolute Gasteiger partial charge is 0.394 e. The van der Waals surface area contributed by atoms with Crippen LogP contribution in [0.15, 0.2) is 0 Å². The summed E-state index contributed by atoms with van der Waals surface area (Å²) in [5.41, 5.74) is -0.0481. The van der Waals surface area contributed by atoms with Gasteiger partial charge in [0, 0.05) is 12.3 Å². The predicted molar refractivity (Wildman–Crippen MR) is 272 cm³/mol. The minimum atomic E-state index is -1.88. The molecule has 36 unspecified atom stereocenters. The first-order valence-corrected chi connectivity index (χ1v) is 29.7. The molecule has 27 heteroatoms. The Bertz CT molecular complexity index is 2100. The third kappa shape index (κ3) is 11.6. The van der Waals surface area contributed by atoms with Crippen LogP contribution in [0.4, 0.5) is 0 Å². The maximum atomic E-state index is 12.1. The van der Waals surface area contributed by atoms with E-state index in [2.05, 4.69) is 20.8 Å². The normalized spacial score (nSPS) is 56.5. The predicted octanol–water partition coefficient (Wildman–Crippen LogP) is -4.71. The molecular formula is C55H92O27. The van der Waals surface area contributed by atoms with E-state index in [0.29, 0.717) is 42.9 Å². The molecule has 4 saturated carbocycles. The minimum absolute atomic E-state index is 0.00747. The monoisotopic (exact) mass is 1180 g/mol. The van der Waals surface area contributed by atoms with E-state index in [4.69, 9.17) is 52.1 Å². The maximum Gasteiger partial charge on any atom is 0.187 e. The highest BCUT2D eigenvalue weighted by Crippen LogP contribution is 2.71. The first-order valence-electron chi connectivity index (χ1n) is 29.7. The lowest BCUT2D eigenvalue weighted by Gasteiger charge is -2.61. The van der Waals surface area contributed by atoms with Gasteiger partial charge in [0.05, 0.1) is 50.8 Å². The fourth-order valence-corrected chi connectivity index (χ4v) is 16.6. The number of hydrogen-bond donors (Lipinski definition) is 16. The van der Waals surface area contributed by atoms with Gasteiger partial charge in [-0.25, -0.2) is 0 Å². The fourth-order valence-electron chi connectivity index (χ4n) is 16.6. The maximum absolute atomic E-state index is 12.1. The molecular weight excluding hydrogens is 1090 g/mol. The van der Waals surface area contributed by atoms with Gasteiger partial charge in [0.25, 0.3) is 0 Å². The van der Waals surface area contributed by atoms with E-state index in [1.807, 2.05) is 0 Å². The van der Waals surface area contributed by atoms with Gasteiger partial charge in [0.1, 0.15) is 110 Å². The summed E-state index contributed by atoms with van der Waals surface area (Å²) in [4.78, 5) is 0. The van der Waals surface area contributed by atoms with E-state index in [1.54, 1.807) is 6.92 Å². The average Bonchev–Trinajstić information content (AvgIpc) is 4.13. The molecule has 6 aliphatic heterocycles. The van der Waals surface area contributed by atoms with E-state index in [0.717, 1.165) is 38.5 Å². The van der Waals surface area contributed by atoms with Crippen LogP contribution in [0.25, 0.3) is 0 Å². The lowest BCUT2D eigenvalue weighted by Crippen LogP contribution is -2.65. The molecule has 0 radical (unpaired) electrons. The van der Waals surface area contributed by atoms with Crippen molar-refractivity contribution in [2.75, 3.05) is 26.4 Å². The summed E-state index contributed by atoms with van der Waals surface area (Å²) < 4.78 is 65.2. The first kappa shape index (κ1) is 63.9. The first-order chi connectivity index (χ1) is 38.7. The van der Waals surface area contributed by atoms with Crippen molar-refractivity contribution in [2.24, 2.45) is 46.3 Å². The molecule has 0 spiro atoms. The van der Waals surface area contributed by atoms with Crippen molar-refractivity contribution in [3.63, 3.8) is 0 Å². The third-order valence-corrected chi connectivity index (χ3v) is 21.5. The molecule has 27 nitrogen and oxygen atoms in total. The molecule has 4 aliphatic carbocycles. The number of aliphatic hydroxyl groups is 16. The van der Waals surface area contributed by atoms with Crippen LogP contribution in [0.2, 0.25) is 0 Å². The Morgan fingerprint density at radius 1 is 0.549 bits per heavy atom. The number of ether oxygens (including phenoxy) is 11. The van der Waals surface area contributed by atoms with Gasteiger partial charge in [-0.15, -0.1) is 0 Å². The zero-order valence-corrected chi connectivity index (χ0v) is 47.1. The van der Waals surface area contributed by atoms with Gasteiger partial charge in [-0.2, -0.15) is 0 Å². The van der Waals surface area contributed by atoms with E-state index in [9.17, 15) is 81.7 Å². The Morgan fingerprint density at radius 3 is 1.78 bits per heavy atom. The van der Waals surface area contributed by atoms with Gasteiger partial charge < -0.3 is 134 Å². The molecule has 10 fully saturated rings. The van der Waals surface area contributed by atoms with E-state index >= 15 is 0 Å². The Morgan fingerprint density at radius 2 is 1.12 bits per heavy atom. The lowest BCUT2D eigenvalue weighted by atomic mass is 9.44. The summed E-state index contributed by atoms with van der Waals surface area (Å²) in [6.07, 6.45) is -30.5. The van der Waals surface area contributed by atoms with Crippen molar-refractivity contribution in [3.05, 3.63) is 0 Å². The van der Waals surface area contributed by atoms with E-state index in [-0.39, 0.29) is 41.3 Å². The summed E-state index contributed by atoms with van der Waals surface area (Å²) in [5.74, 6) is 0.182. The van der Waals surface area contributed by atoms with Crippen LogP contribution in [0, 0.1) is 46.3 Å². The zero-order valence-electron chi connectivity index (χ0n) is 47.1. The van der Waals surface area contributed by atoms with Crippen molar-refractivity contribution in [1.29, 1.82) is 0 Å². The smallest absolute Gasteiger partial charge is 0.187 e. The minimum Gasteiger partial charge on any atom is -0.394 e. The summed E-state index contributed by atoms with van der Waals surface area (Å²) in [7, 11) is 0. The SMILES string of the molecule is CC(CCC1(O)OC2CC3C4CCC5CC(OC6OC(COC7OC(C)C(OC8OCC(O)C(O)C8OC8OC(CO)C(O)C(O)C8O)C(O)C7O)C(O)C(O)C6O)CCC5(C)C4CCC3(C)C2C1C)OC1OC(CO)C(O)C(O)C1O. The lowest BCUT2D eigenvalue weighted by molar-refractivity contribution is -0.378. The van der Waals surface area contributed by atoms with Crippen LogP contribution in [-0.4, -0.2) is 280 Å². The fraction of sp³-hybridized carbons (Fsp3) is 1.00. The van der Waals surface area contributed by atoms with Gasteiger partial charge in [0.2, 0.25) is 0 Å². The molecule has 0 aromatic heterocycles. The van der Waals surface area contributed by atoms with E-state index in [1.165, 1.54) is 6.92 Å². The Kier molecular flexibility index (Phi) is 19.5. The zero-order chi connectivity index (χ0) is 59.2. The molecule has 10 rings (SSSR count). The van der Waals surface area contributed by atoms with Gasteiger partial charge in [-0.05, 0) is 112 Å². The molecule has 0 aromatic rings. The standard InChI is InChI=1S/C55H92O27/c1-20(74-49-42(67)38(63)35(60)30(16-56)77-49)8-13-55(71)21(2)33-29(82-55)15-27-25-7-6-23-14-24(9-11-53(23,4)26(25)10-12-54(27,33)5)76-50-43(68)40(65)37(62)32(79-50)19-73-48-45(70)41(66)46(22(3)75-48)80-52-47(34(59)28(58)18-72-52)81-51-44(69)39(64)36(61)31(17-57)78-51/h20-52,56-71H,6-19H2,1-5H3. The highest BCUT2D eigenvalue weighted by molar-refractivity contribution is 5.15. The third-order valence-electron chi connectivity index (χ3n) is 21.5. The van der Waals surface area contributed by atoms with Gasteiger partial charge in [-0.3, -0.25) is 0 Å². The number of rotatable bonds is 16. The summed E-state index contributed by atoms with van der Waals surface area (Å²) in [6, 6.07) is 0. The molecule has 16 N–H and O–H groups in total. The molecule has 10 aliphatic rings. The molecule has 0 bridgehead atoms. The highest BCUT2D eigenvalue weighted by atomic mass is 16.8. The number of hydrogen-bond acceptors (Lipinski definition) is 27. The average molecular weight is 1190 g/mol. The molecule has 0 amide bonds. The van der Waals surface area contributed by atoms with Crippen molar-refractivity contribution >= 4 is 0 Å². The van der Waals surface area contributed by atoms with Gasteiger partial charge in [0.15, 0.2) is 37.2 Å². The molecule has 6 heterocycles. The summed E-state index contributed by atoms with van der Waals surface area (Å²) in [6.45, 7) is 7.81. The second-order valence-corrected chi connectivity index (χ2v) is 26.2. The van der Waals surface area contributed by atoms with Crippen molar-refractivity contribution in [3.8, 4) is 0 Å². The second-order valence-electron chi connectivity index (χ2n) is 26.2. The Balaban J connectivity index is 0.703. The molecule has 6 saturated heterocycles. The summed E-state index contributed by atoms with van der Waals surface area (Å²) in [5, 5.41) is 171. The highest BCUT2D eigenvalue weighted by Gasteiger charge is 2.69. The van der Waals surface area contributed by atoms with Crippen molar-refractivity contribution < 1.29 is 134 Å². The van der Waals surface area contributed by atoms with Crippen molar-refractivity contribution in [1.82, 2.24) is 0 Å². The second kappa shape index (κ2) is 25.1. The van der Waals surface area contributed by atoms with Gasteiger partial charge >= 0.3 is 0 Å². The molecule has 0 aromatic carbocycles. The van der Waals surface area contributed by atoms with Crippen LogP contribution in [0.1, 0.15) is 98.8 Å². The quantitative estimate of drug-likeness (QED) is 0.0646. The topological polar surface area (TPSA) is 425 Å². The Labute approximate surface area is 475 Å². The van der Waals surface area contributed by atoms with Crippen LogP contribution in [0.3, 0.4) is 0 Å².